The molecule has 0 atom stereocenters. The molecule has 0 aliphatic carbocycles. The van der Waals surface area contributed by atoms with Crippen molar-refractivity contribution in [2.45, 2.75) is 6.92 Å². The lowest BCUT2D eigenvalue weighted by molar-refractivity contribution is -0.134. The van der Waals surface area contributed by atoms with Crippen LogP contribution in [0.25, 0.3) is 0 Å². The molecule has 1 rings (SSSR count). The van der Waals surface area contributed by atoms with Crippen LogP contribution in [-0.4, -0.2) is 34.9 Å². The normalized spacial score (nSPS) is 17.9. The van der Waals surface area contributed by atoms with Gasteiger partial charge < -0.3 is 9.84 Å². The molecular weight excluding hydrogens is 214 g/mol. The third-order valence-corrected chi connectivity index (χ3v) is 1.89. The average Bonchev–Trinajstić information content (AvgIpc) is 2.27. The standard InChI is InChI=1S/C9H11N3O4/c1-3-7-11-5(9(15)16-2)4-6(8(13)14)12(7)10/h3-4H,10H2,1-2H3,(H,13,14)/b7-3-. The van der Waals surface area contributed by atoms with E-state index in [9.17, 15) is 9.59 Å². The fourth-order valence-corrected chi connectivity index (χ4v) is 1.11. The van der Waals surface area contributed by atoms with Crippen LogP contribution in [0.2, 0.25) is 0 Å². The van der Waals surface area contributed by atoms with E-state index in [2.05, 4.69) is 9.73 Å². The van der Waals surface area contributed by atoms with Gasteiger partial charge in [-0.05, 0) is 13.0 Å². The van der Waals surface area contributed by atoms with Gasteiger partial charge in [-0.2, -0.15) is 0 Å². The van der Waals surface area contributed by atoms with Crippen molar-refractivity contribution < 1.29 is 19.4 Å². The topological polar surface area (TPSA) is 105 Å². The average molecular weight is 225 g/mol. The molecule has 0 fully saturated rings. The number of ether oxygens (including phenoxy) is 1. The minimum absolute atomic E-state index is 0.102. The highest BCUT2D eigenvalue weighted by Gasteiger charge is 2.25. The second-order valence-electron chi connectivity index (χ2n) is 2.84. The van der Waals surface area contributed by atoms with Crippen LogP contribution in [0, 0.1) is 0 Å². The highest BCUT2D eigenvalue weighted by Crippen LogP contribution is 2.16. The largest absolute Gasteiger partial charge is 0.477 e. The number of carboxylic acid groups (broad SMARTS) is 1. The van der Waals surface area contributed by atoms with Gasteiger partial charge in [-0.25, -0.2) is 20.4 Å². The lowest BCUT2D eigenvalue weighted by Gasteiger charge is -2.22. The fraction of sp³-hybridized carbons (Fsp3) is 0.222. The number of hydrazine groups is 1. The fourth-order valence-electron chi connectivity index (χ4n) is 1.11. The lowest BCUT2D eigenvalue weighted by atomic mass is 10.2. The Morgan fingerprint density at radius 1 is 1.62 bits per heavy atom. The molecule has 86 valence electrons. The molecule has 0 saturated carbocycles. The minimum atomic E-state index is -1.25. The van der Waals surface area contributed by atoms with E-state index in [1.807, 2.05) is 0 Å². The van der Waals surface area contributed by atoms with Crippen molar-refractivity contribution in [1.29, 1.82) is 0 Å². The highest BCUT2D eigenvalue weighted by atomic mass is 16.5. The van der Waals surface area contributed by atoms with Crippen LogP contribution in [-0.2, 0) is 14.3 Å². The van der Waals surface area contributed by atoms with Crippen LogP contribution in [0.1, 0.15) is 6.92 Å². The first-order valence-corrected chi connectivity index (χ1v) is 4.34. The lowest BCUT2D eigenvalue weighted by Crippen LogP contribution is -2.37. The number of hydrogen-bond acceptors (Lipinski definition) is 6. The van der Waals surface area contributed by atoms with Crippen LogP contribution in [0.15, 0.2) is 28.7 Å². The molecule has 1 aliphatic rings. The number of carboxylic acids is 1. The van der Waals surface area contributed by atoms with Crippen LogP contribution in [0.4, 0.5) is 0 Å². The number of hydrogen-bond donors (Lipinski definition) is 2. The maximum Gasteiger partial charge on any atom is 0.356 e. The first-order valence-electron chi connectivity index (χ1n) is 4.34. The Balaban J connectivity index is 3.21. The van der Waals surface area contributed by atoms with Gasteiger partial charge in [0.1, 0.15) is 11.5 Å². The second kappa shape index (κ2) is 4.58. The van der Waals surface area contributed by atoms with Crippen molar-refractivity contribution >= 4 is 17.7 Å². The molecule has 7 nitrogen and oxygen atoms in total. The summed E-state index contributed by atoms with van der Waals surface area (Å²) in [4.78, 5) is 25.9. The third-order valence-electron chi connectivity index (χ3n) is 1.89. The molecule has 1 aliphatic heterocycles. The van der Waals surface area contributed by atoms with Gasteiger partial charge in [0.15, 0.2) is 5.71 Å². The van der Waals surface area contributed by atoms with Gasteiger partial charge in [0, 0.05) is 6.08 Å². The summed E-state index contributed by atoms with van der Waals surface area (Å²) in [5, 5.41) is 9.75. The summed E-state index contributed by atoms with van der Waals surface area (Å²) in [7, 11) is 1.18. The third kappa shape index (κ3) is 2.09. The van der Waals surface area contributed by atoms with Gasteiger partial charge in [-0.1, -0.05) is 0 Å². The Morgan fingerprint density at radius 3 is 2.69 bits per heavy atom. The van der Waals surface area contributed by atoms with E-state index in [4.69, 9.17) is 10.9 Å². The van der Waals surface area contributed by atoms with Gasteiger partial charge in [0.25, 0.3) is 0 Å². The number of rotatable bonds is 2. The number of methoxy groups -OCH3 is 1. The predicted molar refractivity (Wildman–Crippen MR) is 55.0 cm³/mol. The van der Waals surface area contributed by atoms with E-state index in [1.165, 1.54) is 13.2 Å². The van der Waals surface area contributed by atoms with Gasteiger partial charge in [-0.3, -0.25) is 5.01 Å². The van der Waals surface area contributed by atoms with E-state index in [0.29, 0.717) is 0 Å². The van der Waals surface area contributed by atoms with E-state index in [1.54, 1.807) is 6.92 Å². The number of aliphatic imine (C=N–C) groups is 1. The zero-order valence-electron chi connectivity index (χ0n) is 8.80. The molecule has 7 heteroatoms. The van der Waals surface area contributed by atoms with E-state index >= 15 is 0 Å². The Labute approximate surface area is 91.5 Å². The van der Waals surface area contributed by atoms with Crippen molar-refractivity contribution in [3.05, 3.63) is 23.7 Å². The summed E-state index contributed by atoms with van der Waals surface area (Å²) in [5.74, 6) is 3.69. The molecule has 0 saturated heterocycles. The number of esters is 1. The number of carbonyl (C=O) groups is 2. The van der Waals surface area contributed by atoms with Crippen molar-refractivity contribution in [3.8, 4) is 0 Å². The van der Waals surface area contributed by atoms with Crippen LogP contribution in [0.3, 0.4) is 0 Å². The van der Waals surface area contributed by atoms with Crippen molar-refractivity contribution in [2.75, 3.05) is 7.11 Å². The van der Waals surface area contributed by atoms with Crippen molar-refractivity contribution in [3.63, 3.8) is 0 Å². The zero-order chi connectivity index (χ0) is 12.3. The first-order chi connectivity index (χ1) is 7.51. The molecule has 0 aromatic carbocycles. The van der Waals surface area contributed by atoms with Gasteiger partial charge in [-0.15, -0.1) is 0 Å². The predicted octanol–water partition coefficient (Wildman–Crippen LogP) is -0.380. The Morgan fingerprint density at radius 2 is 2.25 bits per heavy atom. The van der Waals surface area contributed by atoms with Gasteiger partial charge in [0.05, 0.1) is 7.11 Å². The van der Waals surface area contributed by atoms with Crippen LogP contribution >= 0.6 is 0 Å². The van der Waals surface area contributed by atoms with Crippen LogP contribution in [0.5, 0.6) is 0 Å². The number of carbonyl (C=O) groups excluding carboxylic acids is 1. The molecule has 0 radical (unpaired) electrons. The quantitative estimate of drug-likeness (QED) is 0.490. The summed E-state index contributed by atoms with van der Waals surface area (Å²) in [6.07, 6.45) is 2.54. The summed E-state index contributed by atoms with van der Waals surface area (Å²) in [6.45, 7) is 1.62. The molecule has 3 N–H and O–H groups in total. The summed E-state index contributed by atoms with van der Waals surface area (Å²) in [6, 6.07) is 0. The maximum absolute atomic E-state index is 11.2. The second-order valence-corrected chi connectivity index (χ2v) is 2.84. The molecular formula is C9H11N3O4. The maximum atomic E-state index is 11.2. The number of allylic oxidation sites excluding steroid dienone is 1. The molecule has 0 aromatic rings. The Kier molecular flexibility index (Phi) is 3.41. The summed E-state index contributed by atoms with van der Waals surface area (Å²) in [5.41, 5.74) is -0.349. The smallest absolute Gasteiger partial charge is 0.356 e. The number of nitrogens with zero attached hydrogens (tertiary/aromatic N) is 2. The SMILES string of the molecule is C/C=C1/N=C(C(=O)OC)C=C(C(=O)O)N1N. The minimum Gasteiger partial charge on any atom is -0.477 e. The van der Waals surface area contributed by atoms with Crippen molar-refractivity contribution in [1.82, 2.24) is 5.01 Å². The Bertz CT molecular complexity index is 422. The Hall–Kier alpha value is -2.15. The molecule has 1 heterocycles. The molecule has 0 unspecified atom stereocenters. The summed E-state index contributed by atoms with van der Waals surface area (Å²) < 4.78 is 4.45. The van der Waals surface area contributed by atoms with Crippen LogP contribution < -0.4 is 5.84 Å². The molecule has 0 amide bonds. The van der Waals surface area contributed by atoms with E-state index < -0.39 is 11.9 Å². The molecule has 16 heavy (non-hydrogen) atoms. The monoisotopic (exact) mass is 225 g/mol. The van der Waals surface area contributed by atoms with Crippen molar-refractivity contribution in [2.24, 2.45) is 10.8 Å². The van der Waals surface area contributed by atoms with E-state index in [-0.39, 0.29) is 17.2 Å². The first kappa shape index (κ1) is 11.9. The van der Waals surface area contributed by atoms with Gasteiger partial charge in [0.2, 0.25) is 0 Å². The van der Waals surface area contributed by atoms with E-state index in [0.717, 1.165) is 11.1 Å². The summed E-state index contributed by atoms with van der Waals surface area (Å²) >= 11 is 0. The number of nitrogens with two attached hydrogens (primary N) is 1. The highest BCUT2D eigenvalue weighted by molar-refractivity contribution is 6.42. The number of aliphatic carboxylic acids is 1. The molecule has 0 bridgehead atoms. The zero-order valence-corrected chi connectivity index (χ0v) is 8.80. The van der Waals surface area contributed by atoms with Gasteiger partial charge >= 0.3 is 11.9 Å². The molecule has 0 aromatic heterocycles. The molecule has 0 spiro atoms.